The standard InChI is InChI=1S/C14H14O4/c1-5-13(15)17-11-7-8-12(10(4)9(11)3)18-14(16)6-2/h5-8H,1-2H2,3-4H3. The first kappa shape index (κ1) is 13.7. The Kier molecular flexibility index (Phi) is 4.43. The van der Waals surface area contributed by atoms with Crippen molar-refractivity contribution in [1.29, 1.82) is 0 Å². The van der Waals surface area contributed by atoms with E-state index in [1.54, 1.807) is 26.0 Å². The first-order chi connectivity index (χ1) is 8.49. The Hall–Kier alpha value is -2.36. The molecular weight excluding hydrogens is 232 g/mol. The molecule has 0 amide bonds. The van der Waals surface area contributed by atoms with Gasteiger partial charge in [-0.1, -0.05) is 13.2 Å². The van der Waals surface area contributed by atoms with E-state index >= 15 is 0 Å². The fourth-order valence-corrected chi connectivity index (χ4v) is 1.29. The number of benzene rings is 1. The highest BCUT2D eigenvalue weighted by Gasteiger charge is 2.11. The molecule has 0 radical (unpaired) electrons. The van der Waals surface area contributed by atoms with Crippen molar-refractivity contribution in [2.24, 2.45) is 0 Å². The topological polar surface area (TPSA) is 52.6 Å². The fraction of sp³-hybridized carbons (Fsp3) is 0.143. The van der Waals surface area contributed by atoms with Gasteiger partial charge in [-0.2, -0.15) is 0 Å². The highest BCUT2D eigenvalue weighted by atomic mass is 16.5. The van der Waals surface area contributed by atoms with Gasteiger partial charge < -0.3 is 9.47 Å². The molecule has 0 bridgehead atoms. The van der Waals surface area contributed by atoms with Crippen LogP contribution in [-0.2, 0) is 9.59 Å². The minimum atomic E-state index is -0.534. The highest BCUT2D eigenvalue weighted by Crippen LogP contribution is 2.29. The van der Waals surface area contributed by atoms with E-state index in [1.807, 2.05) is 0 Å². The SMILES string of the molecule is C=CC(=O)Oc1ccc(OC(=O)C=C)c(C)c1C. The van der Waals surface area contributed by atoms with Gasteiger partial charge in [-0.15, -0.1) is 0 Å². The molecule has 1 aromatic carbocycles. The monoisotopic (exact) mass is 246 g/mol. The van der Waals surface area contributed by atoms with Crippen molar-refractivity contribution in [1.82, 2.24) is 0 Å². The van der Waals surface area contributed by atoms with Gasteiger partial charge in [-0.05, 0) is 37.1 Å². The van der Waals surface area contributed by atoms with Gasteiger partial charge in [0.05, 0.1) is 0 Å². The average Bonchev–Trinajstić information content (AvgIpc) is 2.37. The van der Waals surface area contributed by atoms with Crippen molar-refractivity contribution in [3.05, 3.63) is 48.6 Å². The largest absolute Gasteiger partial charge is 0.423 e. The average molecular weight is 246 g/mol. The summed E-state index contributed by atoms with van der Waals surface area (Å²) in [6.45, 7) is 10.2. The van der Waals surface area contributed by atoms with E-state index in [2.05, 4.69) is 13.2 Å². The lowest BCUT2D eigenvalue weighted by molar-refractivity contribution is -0.130. The molecule has 0 fully saturated rings. The van der Waals surface area contributed by atoms with Crippen LogP contribution < -0.4 is 9.47 Å². The van der Waals surface area contributed by atoms with Gasteiger partial charge in [0, 0.05) is 12.2 Å². The minimum absolute atomic E-state index is 0.413. The molecule has 0 aliphatic rings. The molecule has 0 aromatic heterocycles. The number of hydrogen-bond donors (Lipinski definition) is 0. The number of ether oxygens (including phenoxy) is 2. The quantitative estimate of drug-likeness (QED) is 0.465. The zero-order valence-electron chi connectivity index (χ0n) is 10.4. The molecule has 0 aliphatic heterocycles. The molecule has 94 valence electrons. The van der Waals surface area contributed by atoms with Crippen molar-refractivity contribution in [3.8, 4) is 11.5 Å². The molecule has 0 aliphatic carbocycles. The molecule has 0 spiro atoms. The van der Waals surface area contributed by atoms with Crippen molar-refractivity contribution < 1.29 is 19.1 Å². The third kappa shape index (κ3) is 3.07. The van der Waals surface area contributed by atoms with Crippen LogP contribution in [0, 0.1) is 13.8 Å². The lowest BCUT2D eigenvalue weighted by atomic mass is 10.1. The van der Waals surface area contributed by atoms with Crippen LogP contribution in [0.5, 0.6) is 11.5 Å². The van der Waals surface area contributed by atoms with Crippen molar-refractivity contribution in [3.63, 3.8) is 0 Å². The van der Waals surface area contributed by atoms with E-state index in [-0.39, 0.29) is 0 Å². The summed E-state index contributed by atoms with van der Waals surface area (Å²) < 4.78 is 10.1. The summed E-state index contributed by atoms with van der Waals surface area (Å²) in [6, 6.07) is 3.13. The molecule has 0 saturated carbocycles. The molecule has 0 atom stereocenters. The van der Waals surface area contributed by atoms with Gasteiger partial charge in [0.2, 0.25) is 0 Å². The van der Waals surface area contributed by atoms with Crippen LogP contribution >= 0.6 is 0 Å². The normalized spacial score (nSPS) is 9.44. The van der Waals surface area contributed by atoms with Crippen molar-refractivity contribution in [2.75, 3.05) is 0 Å². The zero-order chi connectivity index (χ0) is 13.7. The summed E-state index contributed by atoms with van der Waals surface area (Å²) >= 11 is 0. The van der Waals surface area contributed by atoms with Crippen LogP contribution in [0.1, 0.15) is 11.1 Å². The Morgan fingerprint density at radius 1 is 0.944 bits per heavy atom. The highest BCUT2D eigenvalue weighted by molar-refractivity contribution is 5.84. The molecule has 4 heteroatoms. The summed E-state index contributed by atoms with van der Waals surface area (Å²) in [4.78, 5) is 22.2. The summed E-state index contributed by atoms with van der Waals surface area (Å²) in [7, 11) is 0. The van der Waals surface area contributed by atoms with E-state index in [0.717, 1.165) is 23.3 Å². The van der Waals surface area contributed by atoms with E-state index in [0.29, 0.717) is 11.5 Å². The van der Waals surface area contributed by atoms with E-state index in [9.17, 15) is 9.59 Å². The maximum Gasteiger partial charge on any atom is 0.335 e. The second-order valence-electron chi connectivity index (χ2n) is 3.56. The Balaban J connectivity index is 3.04. The first-order valence-electron chi connectivity index (χ1n) is 5.28. The number of rotatable bonds is 4. The Bertz CT molecular complexity index is 468. The summed E-state index contributed by atoms with van der Waals surface area (Å²) in [6.07, 6.45) is 2.17. The smallest absolute Gasteiger partial charge is 0.335 e. The molecule has 0 N–H and O–H groups in total. The molecule has 1 rings (SSSR count). The van der Waals surface area contributed by atoms with Gasteiger partial charge in [0.1, 0.15) is 11.5 Å². The Morgan fingerprint density at radius 2 is 1.28 bits per heavy atom. The Morgan fingerprint density at radius 3 is 1.56 bits per heavy atom. The number of carbonyl (C=O) groups is 2. The molecule has 18 heavy (non-hydrogen) atoms. The third-order valence-electron chi connectivity index (χ3n) is 2.44. The van der Waals surface area contributed by atoms with E-state index < -0.39 is 11.9 Å². The summed E-state index contributed by atoms with van der Waals surface area (Å²) in [5.74, 6) is -0.242. The lowest BCUT2D eigenvalue weighted by Gasteiger charge is -2.12. The van der Waals surface area contributed by atoms with Gasteiger partial charge >= 0.3 is 11.9 Å². The van der Waals surface area contributed by atoms with Crippen LogP contribution in [0.2, 0.25) is 0 Å². The van der Waals surface area contributed by atoms with Crippen LogP contribution in [0.4, 0.5) is 0 Å². The van der Waals surface area contributed by atoms with Gasteiger partial charge in [-0.3, -0.25) is 0 Å². The predicted octanol–water partition coefficient (Wildman–Crippen LogP) is 2.49. The Labute approximate surface area is 106 Å². The van der Waals surface area contributed by atoms with Crippen LogP contribution in [0.3, 0.4) is 0 Å². The summed E-state index contributed by atoms with van der Waals surface area (Å²) in [5.41, 5.74) is 1.44. The van der Waals surface area contributed by atoms with Crippen molar-refractivity contribution >= 4 is 11.9 Å². The maximum atomic E-state index is 11.1. The number of hydrogen-bond acceptors (Lipinski definition) is 4. The fourth-order valence-electron chi connectivity index (χ4n) is 1.29. The lowest BCUT2D eigenvalue weighted by Crippen LogP contribution is -2.08. The van der Waals surface area contributed by atoms with Gasteiger partial charge in [-0.25, -0.2) is 9.59 Å². The van der Waals surface area contributed by atoms with Crippen molar-refractivity contribution in [2.45, 2.75) is 13.8 Å². The molecule has 1 aromatic rings. The second-order valence-corrected chi connectivity index (χ2v) is 3.56. The maximum absolute atomic E-state index is 11.1. The molecule has 4 nitrogen and oxygen atoms in total. The van der Waals surface area contributed by atoms with E-state index in [1.165, 1.54) is 0 Å². The molecule has 0 saturated heterocycles. The van der Waals surface area contributed by atoms with E-state index in [4.69, 9.17) is 9.47 Å². The number of carbonyl (C=O) groups excluding carboxylic acids is 2. The number of esters is 2. The van der Waals surface area contributed by atoms with Gasteiger partial charge in [0.25, 0.3) is 0 Å². The van der Waals surface area contributed by atoms with Gasteiger partial charge in [0.15, 0.2) is 0 Å². The zero-order valence-corrected chi connectivity index (χ0v) is 10.4. The minimum Gasteiger partial charge on any atom is -0.423 e. The van der Waals surface area contributed by atoms with Crippen LogP contribution in [0.15, 0.2) is 37.4 Å². The molecule has 0 unspecified atom stereocenters. The molecule has 0 heterocycles. The third-order valence-corrected chi connectivity index (χ3v) is 2.44. The van der Waals surface area contributed by atoms with Crippen LogP contribution in [-0.4, -0.2) is 11.9 Å². The predicted molar refractivity (Wildman–Crippen MR) is 67.6 cm³/mol. The summed E-state index contributed by atoms with van der Waals surface area (Å²) in [5, 5.41) is 0. The first-order valence-corrected chi connectivity index (χ1v) is 5.28. The van der Waals surface area contributed by atoms with Crippen LogP contribution in [0.25, 0.3) is 0 Å². The second kappa shape index (κ2) is 5.82. The molecular formula is C14H14O4.